The maximum Gasteiger partial charge on any atom is 0.454 e. The van der Waals surface area contributed by atoms with E-state index >= 15 is 0 Å². The third kappa shape index (κ3) is 7.67. The number of alkyl halides is 3. The molecule has 1 atom stereocenters. The third-order valence-corrected chi connectivity index (χ3v) is 3.82. The van der Waals surface area contributed by atoms with Gasteiger partial charge in [0.25, 0.3) is 11.7 Å². The minimum absolute atomic E-state index is 0.265. The Kier molecular flexibility index (Phi) is 8.26. The average Bonchev–Trinajstić information content (AvgIpc) is 2.59. The largest absolute Gasteiger partial charge is 0.454 e. The van der Waals surface area contributed by atoms with Crippen LogP contribution in [0.3, 0.4) is 0 Å². The molecule has 1 aliphatic rings. The van der Waals surface area contributed by atoms with Crippen LogP contribution in [0.1, 0.15) is 26.7 Å². The van der Waals surface area contributed by atoms with Gasteiger partial charge in [0.2, 0.25) is 0 Å². The number of carbonyl (C=O) groups excluding carboxylic acids is 4. The Balaban J connectivity index is 2.43. The van der Waals surface area contributed by atoms with Gasteiger partial charge in [0.1, 0.15) is 0 Å². The fourth-order valence-electron chi connectivity index (χ4n) is 2.29. The molecular formula is C16H22F3N3O5. The molecule has 152 valence electrons. The van der Waals surface area contributed by atoms with Gasteiger partial charge in [-0.15, -0.1) is 0 Å². The van der Waals surface area contributed by atoms with Gasteiger partial charge >= 0.3 is 18.2 Å². The first-order valence-corrected chi connectivity index (χ1v) is 8.37. The summed E-state index contributed by atoms with van der Waals surface area (Å²) in [6.45, 7) is 3.86. The number of halogens is 3. The molecule has 0 radical (unpaired) electrons. The lowest BCUT2D eigenvalue weighted by Gasteiger charge is -2.30. The molecule has 0 saturated carbocycles. The molecule has 1 unspecified atom stereocenters. The molecule has 11 heteroatoms. The minimum atomic E-state index is -4.91. The number of amides is 3. The summed E-state index contributed by atoms with van der Waals surface area (Å²) < 4.78 is 41.5. The maximum atomic E-state index is 12.1. The quantitative estimate of drug-likeness (QED) is 0.518. The van der Waals surface area contributed by atoms with Gasteiger partial charge in [-0.05, 0) is 26.7 Å². The highest BCUT2D eigenvalue weighted by Gasteiger charge is 2.36. The number of carbonyl (C=O) groups is 4. The number of nitrogens with zero attached hydrogens (tertiary/aromatic N) is 1. The molecule has 1 aliphatic heterocycles. The zero-order valence-corrected chi connectivity index (χ0v) is 15.0. The molecule has 0 aliphatic carbocycles. The van der Waals surface area contributed by atoms with Gasteiger partial charge < -0.3 is 15.0 Å². The Morgan fingerprint density at radius 3 is 2.33 bits per heavy atom. The molecule has 0 aromatic heterocycles. The first kappa shape index (κ1) is 22.5. The van der Waals surface area contributed by atoms with E-state index in [0.29, 0.717) is 25.5 Å². The number of piperidine rings is 1. The molecule has 27 heavy (non-hydrogen) atoms. The van der Waals surface area contributed by atoms with Crippen molar-refractivity contribution in [2.45, 2.75) is 39.0 Å². The van der Waals surface area contributed by atoms with Crippen LogP contribution in [-0.4, -0.2) is 60.5 Å². The summed E-state index contributed by atoms with van der Waals surface area (Å²) in [5, 5.41) is 4.39. The van der Waals surface area contributed by atoms with Crippen molar-refractivity contribution in [1.82, 2.24) is 15.5 Å². The maximum absolute atomic E-state index is 12.1. The number of allylic oxidation sites excluding steroid dienone is 1. The van der Waals surface area contributed by atoms with Gasteiger partial charge in [0.15, 0.2) is 6.10 Å². The highest BCUT2D eigenvalue weighted by molar-refractivity contribution is 5.97. The molecule has 0 bridgehead atoms. The van der Waals surface area contributed by atoms with Crippen molar-refractivity contribution in [2.24, 2.45) is 5.92 Å². The molecular weight excluding hydrogens is 371 g/mol. The fraction of sp³-hybridized carbons (Fsp3) is 0.625. The molecule has 1 heterocycles. The first-order valence-electron chi connectivity index (χ1n) is 8.37. The van der Waals surface area contributed by atoms with Gasteiger partial charge in [-0.1, -0.05) is 0 Å². The smallest absolute Gasteiger partial charge is 0.452 e. The molecule has 0 aromatic carbocycles. The van der Waals surface area contributed by atoms with Crippen LogP contribution in [0.5, 0.6) is 0 Å². The number of esters is 1. The summed E-state index contributed by atoms with van der Waals surface area (Å²) in [7, 11) is 0. The van der Waals surface area contributed by atoms with Crippen molar-refractivity contribution in [2.75, 3.05) is 19.6 Å². The number of urea groups is 1. The van der Waals surface area contributed by atoms with E-state index in [1.807, 2.05) is 5.32 Å². The number of ether oxygens (including phenoxy) is 1. The van der Waals surface area contributed by atoms with Crippen LogP contribution < -0.4 is 10.6 Å². The zero-order valence-electron chi connectivity index (χ0n) is 15.0. The summed E-state index contributed by atoms with van der Waals surface area (Å²) in [5.41, 5.74) is 0. The lowest BCUT2D eigenvalue weighted by atomic mass is 9.97. The molecule has 1 rings (SSSR count). The van der Waals surface area contributed by atoms with Crippen molar-refractivity contribution in [3.8, 4) is 0 Å². The number of nitrogens with one attached hydrogen (secondary N) is 2. The number of hydrogen-bond acceptors (Lipinski definition) is 6. The van der Waals surface area contributed by atoms with Crippen molar-refractivity contribution in [3.63, 3.8) is 0 Å². The summed E-state index contributed by atoms with van der Waals surface area (Å²) in [5.74, 6) is -3.85. The molecule has 8 nitrogen and oxygen atoms in total. The van der Waals surface area contributed by atoms with Gasteiger partial charge in [-0.3, -0.25) is 19.7 Å². The van der Waals surface area contributed by atoms with Crippen LogP contribution in [0.15, 0.2) is 12.3 Å². The summed E-state index contributed by atoms with van der Waals surface area (Å²) in [6.07, 6.45) is -3.97. The van der Waals surface area contributed by atoms with E-state index in [1.54, 1.807) is 6.92 Å². The third-order valence-electron chi connectivity index (χ3n) is 3.82. The SMILES string of the molecule is CCNC(=O)NC(=O)C(C)OC(=O)C1CCN(C=CC(=O)C(F)(F)F)CC1. The van der Waals surface area contributed by atoms with E-state index in [1.165, 1.54) is 11.8 Å². The predicted octanol–water partition coefficient (Wildman–Crippen LogP) is 1.12. The van der Waals surface area contributed by atoms with E-state index in [-0.39, 0.29) is 13.1 Å². The molecule has 1 fully saturated rings. The number of hydrogen-bond donors (Lipinski definition) is 2. The standard InChI is InChI=1S/C16H22F3N3O5/c1-3-20-15(26)21-13(24)10(2)27-14(25)11-4-7-22(8-5-11)9-6-12(23)16(17,18)19/h6,9-11H,3-5,7-8H2,1-2H3,(H2,20,21,24,26). The Morgan fingerprint density at radius 2 is 1.81 bits per heavy atom. The minimum Gasteiger partial charge on any atom is -0.452 e. The predicted molar refractivity (Wildman–Crippen MR) is 87.3 cm³/mol. The van der Waals surface area contributed by atoms with Gasteiger partial charge in [0.05, 0.1) is 5.92 Å². The number of likely N-dealkylation sites (tertiary alicyclic amines) is 1. The summed E-state index contributed by atoms with van der Waals surface area (Å²) in [6, 6.07) is -0.695. The van der Waals surface area contributed by atoms with E-state index in [9.17, 15) is 32.3 Å². The van der Waals surface area contributed by atoms with Crippen LogP contribution in [0.25, 0.3) is 0 Å². The van der Waals surface area contributed by atoms with Crippen LogP contribution in [0, 0.1) is 5.92 Å². The van der Waals surface area contributed by atoms with Crippen LogP contribution in [-0.2, 0) is 19.1 Å². The monoisotopic (exact) mass is 393 g/mol. The number of ketones is 1. The highest BCUT2D eigenvalue weighted by atomic mass is 19.4. The van der Waals surface area contributed by atoms with E-state index < -0.39 is 41.9 Å². The van der Waals surface area contributed by atoms with E-state index in [4.69, 9.17) is 4.74 Å². The van der Waals surface area contributed by atoms with Crippen LogP contribution in [0.2, 0.25) is 0 Å². The van der Waals surface area contributed by atoms with Gasteiger partial charge in [-0.25, -0.2) is 4.79 Å². The second kappa shape index (κ2) is 9.93. The summed E-state index contributed by atoms with van der Waals surface area (Å²) in [4.78, 5) is 47.4. The molecule has 3 amide bonds. The van der Waals surface area contributed by atoms with E-state index in [2.05, 4.69) is 5.32 Å². The molecule has 2 N–H and O–H groups in total. The van der Waals surface area contributed by atoms with Crippen LogP contribution >= 0.6 is 0 Å². The van der Waals surface area contributed by atoms with Crippen molar-refractivity contribution in [1.29, 1.82) is 0 Å². The second-order valence-corrected chi connectivity index (χ2v) is 5.92. The lowest BCUT2D eigenvalue weighted by Crippen LogP contribution is -2.45. The average molecular weight is 393 g/mol. The Bertz CT molecular complexity index is 599. The number of imide groups is 1. The van der Waals surface area contributed by atoms with Crippen molar-refractivity contribution in [3.05, 3.63) is 12.3 Å². The highest BCUT2D eigenvalue weighted by Crippen LogP contribution is 2.21. The topological polar surface area (TPSA) is 105 Å². The number of rotatable bonds is 6. The van der Waals surface area contributed by atoms with Gasteiger partial charge in [-0.2, -0.15) is 13.2 Å². The second-order valence-electron chi connectivity index (χ2n) is 5.92. The first-order chi connectivity index (χ1) is 12.5. The molecule has 0 spiro atoms. The molecule has 1 saturated heterocycles. The Labute approximate surface area is 154 Å². The fourth-order valence-corrected chi connectivity index (χ4v) is 2.29. The van der Waals surface area contributed by atoms with Crippen LogP contribution in [0.4, 0.5) is 18.0 Å². The van der Waals surface area contributed by atoms with Crippen molar-refractivity contribution >= 4 is 23.7 Å². The van der Waals surface area contributed by atoms with Gasteiger partial charge in [0, 0.05) is 31.9 Å². The summed E-state index contributed by atoms with van der Waals surface area (Å²) >= 11 is 0. The Hall–Kier alpha value is -2.59. The molecule has 0 aromatic rings. The van der Waals surface area contributed by atoms with Crippen molar-refractivity contribution < 1.29 is 37.1 Å². The lowest BCUT2D eigenvalue weighted by molar-refractivity contribution is -0.165. The van der Waals surface area contributed by atoms with E-state index in [0.717, 1.165) is 6.20 Å². The normalized spacial score (nSPS) is 16.7. The Morgan fingerprint density at radius 1 is 1.22 bits per heavy atom. The zero-order chi connectivity index (χ0) is 20.6.